The molecule has 0 saturated heterocycles. The number of rotatable bonds is 3. The molecule has 2 atom stereocenters. The second-order valence-electron chi connectivity index (χ2n) is 6.79. The zero-order valence-electron chi connectivity index (χ0n) is 14.8. The highest BCUT2D eigenvalue weighted by molar-refractivity contribution is 6.42. The molecule has 1 aliphatic carbocycles. The van der Waals surface area contributed by atoms with E-state index in [1.54, 1.807) is 18.2 Å². The minimum atomic E-state index is 0.0434. The van der Waals surface area contributed by atoms with Gasteiger partial charge in [-0.25, -0.2) is 0 Å². The number of benzene rings is 1. The van der Waals surface area contributed by atoms with Gasteiger partial charge in [-0.15, -0.1) is 0 Å². The first kappa shape index (κ1) is 20.1. The Morgan fingerprint density at radius 3 is 2.32 bits per heavy atom. The van der Waals surface area contributed by atoms with Crippen LogP contribution < -0.4 is 5.32 Å². The molecular formula is C21H27Cl2NO. The number of nitrogens with one attached hydrogen (secondary N) is 1. The second-order valence-corrected chi connectivity index (χ2v) is 7.61. The molecule has 0 heterocycles. The van der Waals surface area contributed by atoms with Crippen molar-refractivity contribution in [2.45, 2.75) is 51.9 Å². The van der Waals surface area contributed by atoms with Gasteiger partial charge in [0, 0.05) is 12.1 Å². The summed E-state index contributed by atoms with van der Waals surface area (Å²) in [4.78, 5) is 12.5. The molecule has 4 heteroatoms. The zero-order chi connectivity index (χ0) is 18.1. The lowest BCUT2D eigenvalue weighted by molar-refractivity contribution is -0.117. The number of hydrogen-bond acceptors (Lipinski definition) is 1. The van der Waals surface area contributed by atoms with Crippen LogP contribution in [0.2, 0.25) is 10.0 Å². The van der Waals surface area contributed by atoms with Gasteiger partial charge in [-0.3, -0.25) is 4.79 Å². The SMILES string of the molecule is C[C@H]1CC/C=C/CC/C=C/CC[C@@H]1CC(=O)Nc1ccc(Cl)c(Cl)c1. The van der Waals surface area contributed by atoms with E-state index in [0.29, 0.717) is 34.0 Å². The van der Waals surface area contributed by atoms with E-state index in [0.717, 1.165) is 38.5 Å². The normalized spacial score (nSPS) is 24.6. The van der Waals surface area contributed by atoms with Crippen LogP contribution in [0.3, 0.4) is 0 Å². The largest absolute Gasteiger partial charge is 0.326 e. The molecule has 1 amide bonds. The lowest BCUT2D eigenvalue weighted by Gasteiger charge is -2.23. The second kappa shape index (κ2) is 10.7. The standard InChI is InChI=1S/C21H27Cl2NO/c1-16-10-8-6-4-2-3-5-7-9-11-17(16)14-21(25)24-18-12-13-19(22)20(23)15-18/h4-7,12-13,15-17H,2-3,8-11,14H2,1H3,(H,24,25)/b6-4+,7-5+/t16-,17+/m0/s1. The number of anilines is 1. The Hall–Kier alpha value is -1.25. The fourth-order valence-corrected chi connectivity index (χ4v) is 3.48. The van der Waals surface area contributed by atoms with Gasteiger partial charge in [-0.1, -0.05) is 54.4 Å². The summed E-state index contributed by atoms with van der Waals surface area (Å²) in [6.07, 6.45) is 16.1. The highest BCUT2D eigenvalue weighted by Gasteiger charge is 2.20. The highest BCUT2D eigenvalue weighted by Crippen LogP contribution is 2.28. The van der Waals surface area contributed by atoms with E-state index >= 15 is 0 Å². The first-order chi connectivity index (χ1) is 12.1. The van der Waals surface area contributed by atoms with Gasteiger partial charge in [-0.2, -0.15) is 0 Å². The van der Waals surface area contributed by atoms with E-state index in [-0.39, 0.29) is 5.91 Å². The van der Waals surface area contributed by atoms with Crippen LogP contribution in [-0.2, 0) is 4.79 Å². The molecule has 136 valence electrons. The molecule has 25 heavy (non-hydrogen) atoms. The average molecular weight is 380 g/mol. The van der Waals surface area contributed by atoms with E-state index in [4.69, 9.17) is 23.2 Å². The van der Waals surface area contributed by atoms with Crippen LogP contribution in [0.1, 0.15) is 51.9 Å². The molecule has 0 spiro atoms. The maximum absolute atomic E-state index is 12.5. The lowest BCUT2D eigenvalue weighted by Crippen LogP contribution is -2.21. The van der Waals surface area contributed by atoms with Gasteiger partial charge < -0.3 is 5.32 Å². The maximum Gasteiger partial charge on any atom is 0.224 e. The van der Waals surface area contributed by atoms with Gasteiger partial charge in [0.1, 0.15) is 0 Å². The van der Waals surface area contributed by atoms with Crippen LogP contribution in [0.15, 0.2) is 42.5 Å². The summed E-state index contributed by atoms with van der Waals surface area (Å²) >= 11 is 11.9. The van der Waals surface area contributed by atoms with Crippen molar-refractivity contribution in [3.05, 3.63) is 52.5 Å². The van der Waals surface area contributed by atoms with Crippen molar-refractivity contribution in [1.82, 2.24) is 0 Å². The number of carbonyl (C=O) groups excluding carboxylic acids is 1. The number of halogens is 2. The topological polar surface area (TPSA) is 29.1 Å². The lowest BCUT2D eigenvalue weighted by atomic mass is 9.83. The van der Waals surface area contributed by atoms with Crippen molar-refractivity contribution in [3.63, 3.8) is 0 Å². The molecule has 0 fully saturated rings. The fraction of sp³-hybridized carbons (Fsp3) is 0.476. The smallest absolute Gasteiger partial charge is 0.224 e. The van der Waals surface area contributed by atoms with Crippen LogP contribution >= 0.6 is 23.2 Å². The highest BCUT2D eigenvalue weighted by atomic mass is 35.5. The van der Waals surface area contributed by atoms with E-state index in [1.807, 2.05) is 0 Å². The molecule has 1 aromatic carbocycles. The summed E-state index contributed by atoms with van der Waals surface area (Å²) in [6.45, 7) is 2.26. The quantitative estimate of drug-likeness (QED) is 0.560. The Morgan fingerprint density at radius 2 is 1.64 bits per heavy atom. The van der Waals surface area contributed by atoms with Gasteiger partial charge in [0.15, 0.2) is 0 Å². The molecule has 0 unspecified atom stereocenters. The van der Waals surface area contributed by atoms with E-state index < -0.39 is 0 Å². The van der Waals surface area contributed by atoms with Crippen LogP contribution in [0.5, 0.6) is 0 Å². The summed E-state index contributed by atoms with van der Waals surface area (Å²) < 4.78 is 0. The van der Waals surface area contributed by atoms with E-state index in [1.165, 1.54) is 0 Å². The predicted molar refractivity (Wildman–Crippen MR) is 108 cm³/mol. The van der Waals surface area contributed by atoms with E-state index in [2.05, 4.69) is 36.5 Å². The zero-order valence-corrected chi connectivity index (χ0v) is 16.3. The summed E-state index contributed by atoms with van der Waals surface area (Å²) in [5, 5.41) is 3.90. The number of hydrogen-bond donors (Lipinski definition) is 1. The van der Waals surface area contributed by atoms with Gasteiger partial charge in [0.05, 0.1) is 10.0 Å². The van der Waals surface area contributed by atoms with Crippen molar-refractivity contribution in [3.8, 4) is 0 Å². The first-order valence-corrected chi connectivity index (χ1v) is 9.86. The molecule has 1 N–H and O–H groups in total. The minimum absolute atomic E-state index is 0.0434. The van der Waals surface area contributed by atoms with E-state index in [9.17, 15) is 4.79 Å². The van der Waals surface area contributed by atoms with Crippen LogP contribution in [0.4, 0.5) is 5.69 Å². The molecule has 0 radical (unpaired) electrons. The number of allylic oxidation sites excluding steroid dienone is 4. The van der Waals surface area contributed by atoms with Crippen molar-refractivity contribution >= 4 is 34.8 Å². The number of amides is 1. The third kappa shape index (κ3) is 7.25. The predicted octanol–water partition coefficient (Wildman–Crippen LogP) is 7.04. The molecule has 2 nitrogen and oxygen atoms in total. The fourth-order valence-electron chi connectivity index (χ4n) is 3.18. The summed E-state index contributed by atoms with van der Waals surface area (Å²) in [6, 6.07) is 5.18. The molecule has 2 rings (SSSR count). The molecule has 0 aliphatic heterocycles. The third-order valence-corrected chi connectivity index (χ3v) is 5.52. The average Bonchev–Trinajstić information content (AvgIpc) is 2.57. The molecule has 0 bridgehead atoms. The van der Waals surface area contributed by atoms with Crippen molar-refractivity contribution in [2.75, 3.05) is 5.32 Å². The molecule has 0 saturated carbocycles. The Labute approximate surface area is 161 Å². The molecule has 0 aromatic heterocycles. The monoisotopic (exact) mass is 379 g/mol. The minimum Gasteiger partial charge on any atom is -0.326 e. The maximum atomic E-state index is 12.5. The van der Waals surface area contributed by atoms with Crippen molar-refractivity contribution in [2.24, 2.45) is 11.8 Å². The number of carbonyl (C=O) groups is 1. The van der Waals surface area contributed by atoms with Gasteiger partial charge in [-0.05, 0) is 68.6 Å². The summed E-state index contributed by atoms with van der Waals surface area (Å²) in [7, 11) is 0. The van der Waals surface area contributed by atoms with Gasteiger partial charge in [0.25, 0.3) is 0 Å². The van der Waals surface area contributed by atoms with Crippen LogP contribution in [0, 0.1) is 11.8 Å². The Morgan fingerprint density at radius 1 is 1.00 bits per heavy atom. The van der Waals surface area contributed by atoms with Gasteiger partial charge in [0.2, 0.25) is 5.91 Å². The first-order valence-electron chi connectivity index (χ1n) is 9.11. The Bertz CT molecular complexity index is 624. The van der Waals surface area contributed by atoms with Crippen LogP contribution in [-0.4, -0.2) is 5.91 Å². The third-order valence-electron chi connectivity index (χ3n) is 4.78. The summed E-state index contributed by atoms with van der Waals surface area (Å²) in [5.74, 6) is 0.958. The van der Waals surface area contributed by atoms with Crippen molar-refractivity contribution in [1.29, 1.82) is 0 Å². The molecular weight excluding hydrogens is 353 g/mol. The van der Waals surface area contributed by atoms with Crippen LogP contribution in [0.25, 0.3) is 0 Å². The van der Waals surface area contributed by atoms with Crippen molar-refractivity contribution < 1.29 is 4.79 Å². The Balaban J connectivity index is 1.95. The summed E-state index contributed by atoms with van der Waals surface area (Å²) in [5.41, 5.74) is 0.697. The molecule has 1 aromatic rings. The molecule has 1 aliphatic rings. The van der Waals surface area contributed by atoms with Gasteiger partial charge >= 0.3 is 0 Å². The Kier molecular flexibility index (Phi) is 8.57.